The van der Waals surface area contributed by atoms with Crippen molar-refractivity contribution in [3.63, 3.8) is 0 Å². The molecule has 1 aliphatic rings. The lowest BCUT2D eigenvalue weighted by Gasteiger charge is -2.26. The number of nitrogens with two attached hydrogens (primary N) is 1. The number of para-hydroxylation sites is 1. The number of rotatable bonds is 4. The molecule has 0 heterocycles. The van der Waals surface area contributed by atoms with Crippen molar-refractivity contribution in [1.29, 1.82) is 0 Å². The SMILES string of the molecule is Nc1ccc2c(c1)CCCC2NC(=O)COc1ccccc1. The summed E-state index contributed by atoms with van der Waals surface area (Å²) in [4.78, 5) is 12.1. The molecule has 1 atom stereocenters. The minimum Gasteiger partial charge on any atom is -0.484 e. The highest BCUT2D eigenvalue weighted by atomic mass is 16.5. The van der Waals surface area contributed by atoms with Gasteiger partial charge in [-0.2, -0.15) is 0 Å². The van der Waals surface area contributed by atoms with Gasteiger partial charge in [-0.1, -0.05) is 24.3 Å². The van der Waals surface area contributed by atoms with Crippen LogP contribution in [0.1, 0.15) is 30.0 Å². The quantitative estimate of drug-likeness (QED) is 0.853. The Kier molecular flexibility index (Phi) is 4.28. The number of anilines is 1. The number of benzene rings is 2. The minimum absolute atomic E-state index is 0.0326. The minimum atomic E-state index is -0.0986. The predicted octanol–water partition coefficient (Wildman–Crippen LogP) is 2.84. The molecule has 0 saturated carbocycles. The van der Waals surface area contributed by atoms with Crippen LogP contribution in [0.2, 0.25) is 0 Å². The largest absolute Gasteiger partial charge is 0.484 e. The molecule has 0 spiro atoms. The average molecular weight is 296 g/mol. The van der Waals surface area contributed by atoms with E-state index in [1.807, 2.05) is 48.5 Å². The molecule has 4 heteroatoms. The van der Waals surface area contributed by atoms with Crippen molar-refractivity contribution < 1.29 is 9.53 Å². The second-order valence-electron chi connectivity index (χ2n) is 5.57. The molecule has 22 heavy (non-hydrogen) atoms. The van der Waals surface area contributed by atoms with Gasteiger partial charge in [0.1, 0.15) is 5.75 Å². The lowest BCUT2D eigenvalue weighted by Crippen LogP contribution is -2.34. The van der Waals surface area contributed by atoms with Crippen LogP contribution in [0.15, 0.2) is 48.5 Å². The number of hydrogen-bond acceptors (Lipinski definition) is 3. The van der Waals surface area contributed by atoms with Crippen LogP contribution in [0.4, 0.5) is 5.69 Å². The zero-order chi connectivity index (χ0) is 15.4. The van der Waals surface area contributed by atoms with Gasteiger partial charge in [-0.05, 0) is 54.7 Å². The van der Waals surface area contributed by atoms with E-state index in [1.165, 1.54) is 11.1 Å². The van der Waals surface area contributed by atoms with E-state index in [0.29, 0.717) is 5.75 Å². The Labute approximate surface area is 130 Å². The van der Waals surface area contributed by atoms with Gasteiger partial charge in [0.15, 0.2) is 6.61 Å². The maximum atomic E-state index is 12.1. The number of carbonyl (C=O) groups excluding carboxylic acids is 1. The number of ether oxygens (including phenoxy) is 1. The number of aryl methyl sites for hydroxylation is 1. The smallest absolute Gasteiger partial charge is 0.258 e. The van der Waals surface area contributed by atoms with Gasteiger partial charge in [0.2, 0.25) is 0 Å². The summed E-state index contributed by atoms with van der Waals surface area (Å²) in [6.45, 7) is 0.0326. The van der Waals surface area contributed by atoms with Crippen molar-refractivity contribution in [2.24, 2.45) is 0 Å². The summed E-state index contributed by atoms with van der Waals surface area (Å²) in [7, 11) is 0. The van der Waals surface area contributed by atoms with Crippen LogP contribution >= 0.6 is 0 Å². The number of amides is 1. The van der Waals surface area contributed by atoms with Gasteiger partial charge >= 0.3 is 0 Å². The van der Waals surface area contributed by atoms with Crippen LogP contribution in [0, 0.1) is 0 Å². The highest BCUT2D eigenvalue weighted by molar-refractivity contribution is 5.78. The van der Waals surface area contributed by atoms with Crippen molar-refractivity contribution in [3.05, 3.63) is 59.7 Å². The molecule has 0 bridgehead atoms. The number of nitrogen functional groups attached to an aromatic ring is 1. The molecule has 3 rings (SSSR count). The Bertz CT molecular complexity index is 655. The third-order valence-electron chi connectivity index (χ3n) is 3.93. The van der Waals surface area contributed by atoms with E-state index in [4.69, 9.17) is 10.5 Å². The Morgan fingerprint density at radius 3 is 2.86 bits per heavy atom. The molecule has 0 aliphatic heterocycles. The van der Waals surface area contributed by atoms with Crippen LogP contribution in [-0.2, 0) is 11.2 Å². The number of hydrogen-bond donors (Lipinski definition) is 2. The molecule has 114 valence electrons. The normalized spacial score (nSPS) is 16.6. The first-order valence-corrected chi connectivity index (χ1v) is 7.58. The maximum absolute atomic E-state index is 12.1. The zero-order valence-corrected chi connectivity index (χ0v) is 12.4. The molecule has 2 aromatic rings. The van der Waals surface area contributed by atoms with E-state index in [2.05, 4.69) is 5.32 Å². The fraction of sp³-hybridized carbons (Fsp3) is 0.278. The summed E-state index contributed by atoms with van der Waals surface area (Å²) < 4.78 is 5.48. The van der Waals surface area contributed by atoms with Crippen molar-refractivity contribution in [3.8, 4) is 5.75 Å². The van der Waals surface area contributed by atoms with Gasteiger partial charge in [0.25, 0.3) is 5.91 Å². The fourth-order valence-electron chi connectivity index (χ4n) is 2.89. The average Bonchev–Trinajstić information content (AvgIpc) is 2.54. The summed E-state index contributed by atoms with van der Waals surface area (Å²) in [5, 5.41) is 3.06. The highest BCUT2D eigenvalue weighted by Gasteiger charge is 2.21. The Morgan fingerprint density at radius 1 is 1.23 bits per heavy atom. The highest BCUT2D eigenvalue weighted by Crippen LogP contribution is 2.30. The third-order valence-corrected chi connectivity index (χ3v) is 3.93. The van der Waals surface area contributed by atoms with E-state index in [0.717, 1.165) is 24.9 Å². The van der Waals surface area contributed by atoms with Crippen molar-refractivity contribution in [2.75, 3.05) is 12.3 Å². The van der Waals surface area contributed by atoms with E-state index in [1.54, 1.807) is 0 Å². The summed E-state index contributed by atoms with van der Waals surface area (Å²) >= 11 is 0. The fourth-order valence-corrected chi connectivity index (χ4v) is 2.89. The van der Waals surface area contributed by atoms with E-state index in [-0.39, 0.29) is 18.6 Å². The lowest BCUT2D eigenvalue weighted by molar-refractivity contribution is -0.123. The van der Waals surface area contributed by atoms with Crippen LogP contribution < -0.4 is 15.8 Å². The molecule has 0 saturated heterocycles. The lowest BCUT2D eigenvalue weighted by atomic mass is 9.87. The first-order valence-electron chi connectivity index (χ1n) is 7.58. The molecule has 2 aromatic carbocycles. The first kappa shape index (κ1) is 14.4. The van der Waals surface area contributed by atoms with E-state index < -0.39 is 0 Å². The van der Waals surface area contributed by atoms with Crippen molar-refractivity contribution >= 4 is 11.6 Å². The van der Waals surface area contributed by atoms with Gasteiger partial charge in [-0.3, -0.25) is 4.79 Å². The van der Waals surface area contributed by atoms with Crippen molar-refractivity contribution in [1.82, 2.24) is 5.32 Å². The molecule has 0 radical (unpaired) electrons. The van der Waals surface area contributed by atoms with Crippen molar-refractivity contribution in [2.45, 2.75) is 25.3 Å². The Balaban J connectivity index is 1.61. The van der Waals surface area contributed by atoms with Crippen LogP contribution in [-0.4, -0.2) is 12.5 Å². The standard InChI is InChI=1S/C18H20N2O2/c19-14-9-10-16-13(11-14)5-4-8-17(16)20-18(21)12-22-15-6-2-1-3-7-15/h1-3,6-7,9-11,17H,4-5,8,12,19H2,(H,20,21). The summed E-state index contributed by atoms with van der Waals surface area (Å²) in [6, 6.07) is 15.3. The summed E-state index contributed by atoms with van der Waals surface area (Å²) in [6.07, 6.45) is 3.03. The molecule has 4 nitrogen and oxygen atoms in total. The van der Waals surface area contributed by atoms with E-state index in [9.17, 15) is 4.79 Å². The second kappa shape index (κ2) is 6.52. The van der Waals surface area contributed by atoms with Crippen LogP contribution in [0.3, 0.4) is 0 Å². The van der Waals surface area contributed by atoms with E-state index >= 15 is 0 Å². The molecule has 1 aliphatic carbocycles. The summed E-state index contributed by atoms with van der Waals surface area (Å²) in [5.74, 6) is 0.605. The van der Waals surface area contributed by atoms with Gasteiger partial charge in [0.05, 0.1) is 6.04 Å². The second-order valence-corrected chi connectivity index (χ2v) is 5.57. The zero-order valence-electron chi connectivity index (χ0n) is 12.4. The molecule has 0 fully saturated rings. The van der Waals surface area contributed by atoms with Crippen LogP contribution in [0.5, 0.6) is 5.75 Å². The third kappa shape index (κ3) is 3.39. The molecule has 3 N–H and O–H groups in total. The molecule has 0 aromatic heterocycles. The van der Waals surface area contributed by atoms with Gasteiger partial charge < -0.3 is 15.8 Å². The molecule has 1 unspecified atom stereocenters. The number of carbonyl (C=O) groups is 1. The van der Waals surface area contributed by atoms with Gasteiger partial charge in [-0.25, -0.2) is 0 Å². The molecule has 1 amide bonds. The Hall–Kier alpha value is -2.49. The van der Waals surface area contributed by atoms with Gasteiger partial charge in [-0.15, -0.1) is 0 Å². The Morgan fingerprint density at radius 2 is 2.05 bits per heavy atom. The number of fused-ring (bicyclic) bond motifs is 1. The first-order chi connectivity index (χ1) is 10.7. The van der Waals surface area contributed by atoms with Gasteiger partial charge in [0, 0.05) is 5.69 Å². The molecular weight excluding hydrogens is 276 g/mol. The number of nitrogens with one attached hydrogen (secondary N) is 1. The monoisotopic (exact) mass is 296 g/mol. The van der Waals surface area contributed by atoms with Crippen LogP contribution in [0.25, 0.3) is 0 Å². The molecular formula is C18H20N2O2. The topological polar surface area (TPSA) is 64.3 Å². The predicted molar refractivity (Wildman–Crippen MR) is 86.6 cm³/mol. The maximum Gasteiger partial charge on any atom is 0.258 e. The summed E-state index contributed by atoms with van der Waals surface area (Å²) in [5.41, 5.74) is 9.02.